The number of carbonyl (C=O) groups excluding carboxylic acids is 2. The maximum absolute atomic E-state index is 12.1. The number of pyridine rings is 1. The second-order valence-corrected chi connectivity index (χ2v) is 4.51. The van der Waals surface area contributed by atoms with E-state index in [4.69, 9.17) is 5.73 Å². The fourth-order valence-electron chi connectivity index (χ4n) is 2.01. The first-order valence-electron chi connectivity index (χ1n) is 6.77. The molecule has 21 heavy (non-hydrogen) atoms. The van der Waals surface area contributed by atoms with Gasteiger partial charge in [-0.2, -0.15) is 0 Å². The second kappa shape index (κ2) is 7.47. The number of rotatable bonds is 6. The second-order valence-electron chi connectivity index (χ2n) is 4.51. The molecule has 0 saturated carbocycles. The van der Waals surface area contributed by atoms with Gasteiger partial charge in [-0.05, 0) is 19.9 Å². The molecule has 116 valence electrons. The minimum atomic E-state index is -0.528. The van der Waals surface area contributed by atoms with Crippen LogP contribution in [0.2, 0.25) is 0 Å². The van der Waals surface area contributed by atoms with Crippen LogP contribution in [0.4, 0.5) is 11.5 Å². The predicted molar refractivity (Wildman–Crippen MR) is 81.2 cm³/mol. The third kappa shape index (κ3) is 3.84. The van der Waals surface area contributed by atoms with Crippen molar-refractivity contribution in [1.82, 2.24) is 9.88 Å². The van der Waals surface area contributed by atoms with Crippen molar-refractivity contribution in [2.45, 2.75) is 13.8 Å². The van der Waals surface area contributed by atoms with Crippen molar-refractivity contribution in [1.29, 1.82) is 0 Å². The first kappa shape index (κ1) is 16.7. The summed E-state index contributed by atoms with van der Waals surface area (Å²) in [7, 11) is 3.00. The van der Waals surface area contributed by atoms with Gasteiger partial charge >= 0.3 is 5.97 Å². The molecule has 0 atom stereocenters. The molecule has 0 bridgehead atoms. The molecular weight excluding hydrogens is 272 g/mol. The fraction of sp³-hybridized carbons (Fsp3) is 0.500. The highest BCUT2D eigenvalue weighted by molar-refractivity contribution is 5.98. The van der Waals surface area contributed by atoms with Crippen LogP contribution in [0.25, 0.3) is 0 Å². The molecule has 0 aliphatic heterocycles. The van der Waals surface area contributed by atoms with E-state index < -0.39 is 5.97 Å². The Hall–Kier alpha value is -2.31. The quantitative estimate of drug-likeness (QED) is 0.779. The maximum Gasteiger partial charge on any atom is 0.340 e. The summed E-state index contributed by atoms with van der Waals surface area (Å²) in [5.41, 5.74) is 6.40. The molecule has 1 amide bonds. The van der Waals surface area contributed by atoms with Crippen molar-refractivity contribution in [3.05, 3.63) is 17.8 Å². The summed E-state index contributed by atoms with van der Waals surface area (Å²) in [5, 5.41) is 0. The zero-order valence-electron chi connectivity index (χ0n) is 12.9. The monoisotopic (exact) mass is 294 g/mol. The van der Waals surface area contributed by atoms with Crippen LogP contribution in [0.1, 0.15) is 24.2 Å². The summed E-state index contributed by atoms with van der Waals surface area (Å²) >= 11 is 0. The third-order valence-corrected chi connectivity index (χ3v) is 3.22. The lowest BCUT2D eigenvalue weighted by atomic mass is 10.2. The molecule has 7 heteroatoms. The third-order valence-electron chi connectivity index (χ3n) is 3.22. The molecule has 0 saturated heterocycles. The van der Waals surface area contributed by atoms with E-state index in [0.717, 1.165) is 0 Å². The van der Waals surface area contributed by atoms with E-state index >= 15 is 0 Å². The Kier molecular flexibility index (Phi) is 5.95. The van der Waals surface area contributed by atoms with Gasteiger partial charge in [-0.25, -0.2) is 9.78 Å². The lowest BCUT2D eigenvalue weighted by Gasteiger charge is -2.24. The van der Waals surface area contributed by atoms with Gasteiger partial charge in [0.05, 0.1) is 24.9 Å². The topological polar surface area (TPSA) is 88.8 Å². The van der Waals surface area contributed by atoms with E-state index in [0.29, 0.717) is 18.9 Å². The van der Waals surface area contributed by atoms with Crippen LogP contribution in [-0.2, 0) is 9.53 Å². The Morgan fingerprint density at radius 3 is 2.48 bits per heavy atom. The number of ether oxygens (including phenoxy) is 1. The molecule has 0 spiro atoms. The van der Waals surface area contributed by atoms with Crippen molar-refractivity contribution in [2.75, 3.05) is 44.4 Å². The van der Waals surface area contributed by atoms with Gasteiger partial charge in [0, 0.05) is 26.3 Å². The van der Waals surface area contributed by atoms with Crippen LogP contribution in [0, 0.1) is 0 Å². The molecular formula is C14H22N4O3. The number of carbonyl (C=O) groups is 2. The molecule has 0 aliphatic rings. The van der Waals surface area contributed by atoms with E-state index in [1.165, 1.54) is 19.4 Å². The Balaban J connectivity index is 2.95. The molecule has 0 aromatic carbocycles. The van der Waals surface area contributed by atoms with E-state index in [2.05, 4.69) is 9.72 Å². The van der Waals surface area contributed by atoms with Crippen molar-refractivity contribution < 1.29 is 14.3 Å². The van der Waals surface area contributed by atoms with E-state index in [-0.39, 0.29) is 23.7 Å². The number of aromatic nitrogens is 1. The van der Waals surface area contributed by atoms with Gasteiger partial charge in [-0.3, -0.25) is 4.79 Å². The summed E-state index contributed by atoms with van der Waals surface area (Å²) in [6.45, 7) is 5.28. The largest absolute Gasteiger partial charge is 0.465 e. The van der Waals surface area contributed by atoms with Gasteiger partial charge in [0.2, 0.25) is 5.91 Å². The average molecular weight is 294 g/mol. The van der Waals surface area contributed by atoms with E-state index in [1.807, 2.05) is 13.8 Å². The molecule has 0 unspecified atom stereocenters. The SMILES string of the molecule is CCN(CC)C(=O)CN(C)c1nccc(C(=O)OC)c1N. The van der Waals surface area contributed by atoms with Crippen molar-refractivity contribution >= 4 is 23.4 Å². The van der Waals surface area contributed by atoms with Gasteiger partial charge in [0.15, 0.2) is 5.82 Å². The smallest absolute Gasteiger partial charge is 0.340 e. The van der Waals surface area contributed by atoms with Crippen molar-refractivity contribution in [3.8, 4) is 0 Å². The van der Waals surface area contributed by atoms with Crippen LogP contribution in [0.5, 0.6) is 0 Å². The minimum absolute atomic E-state index is 0.0211. The molecule has 1 aromatic rings. The summed E-state index contributed by atoms with van der Waals surface area (Å²) in [6, 6.07) is 1.49. The first-order valence-corrected chi connectivity index (χ1v) is 6.77. The molecule has 1 aromatic heterocycles. The van der Waals surface area contributed by atoms with Gasteiger partial charge < -0.3 is 20.3 Å². The number of hydrogen-bond acceptors (Lipinski definition) is 6. The van der Waals surface area contributed by atoms with Gasteiger partial charge in [-0.1, -0.05) is 0 Å². The maximum atomic E-state index is 12.1. The number of nitrogens with zero attached hydrogens (tertiary/aromatic N) is 3. The normalized spacial score (nSPS) is 10.1. The molecule has 0 aliphatic carbocycles. The van der Waals surface area contributed by atoms with Crippen LogP contribution >= 0.6 is 0 Å². The summed E-state index contributed by atoms with van der Waals surface area (Å²) < 4.78 is 4.67. The Bertz CT molecular complexity index is 515. The summed E-state index contributed by atoms with van der Waals surface area (Å²) in [4.78, 5) is 31.2. The van der Waals surface area contributed by atoms with E-state index in [1.54, 1.807) is 16.8 Å². The predicted octanol–water partition coefficient (Wildman–Crippen LogP) is 0.755. The van der Waals surface area contributed by atoms with Crippen LogP contribution < -0.4 is 10.6 Å². The molecule has 0 radical (unpaired) electrons. The number of nitrogen functional groups attached to an aromatic ring is 1. The van der Waals surface area contributed by atoms with Gasteiger partial charge in [0.1, 0.15) is 0 Å². The van der Waals surface area contributed by atoms with Gasteiger partial charge in [-0.15, -0.1) is 0 Å². The Morgan fingerprint density at radius 1 is 1.33 bits per heavy atom. The molecule has 2 N–H and O–H groups in total. The number of amides is 1. The zero-order chi connectivity index (χ0) is 16.0. The van der Waals surface area contributed by atoms with Crippen molar-refractivity contribution in [3.63, 3.8) is 0 Å². The highest BCUT2D eigenvalue weighted by Gasteiger charge is 2.19. The highest BCUT2D eigenvalue weighted by atomic mass is 16.5. The number of esters is 1. The number of hydrogen-bond donors (Lipinski definition) is 1. The average Bonchev–Trinajstić information content (AvgIpc) is 2.47. The number of likely N-dealkylation sites (N-methyl/N-ethyl adjacent to an activating group) is 2. The number of anilines is 2. The molecule has 7 nitrogen and oxygen atoms in total. The Morgan fingerprint density at radius 2 is 1.95 bits per heavy atom. The number of nitrogens with two attached hydrogens (primary N) is 1. The Labute approximate surface area is 124 Å². The summed E-state index contributed by atoms with van der Waals surface area (Å²) in [6.07, 6.45) is 1.47. The summed E-state index contributed by atoms with van der Waals surface area (Å²) in [5.74, 6) is -0.162. The minimum Gasteiger partial charge on any atom is -0.465 e. The van der Waals surface area contributed by atoms with Crippen molar-refractivity contribution in [2.24, 2.45) is 0 Å². The van der Waals surface area contributed by atoms with Crippen LogP contribution in [0.3, 0.4) is 0 Å². The molecule has 1 heterocycles. The number of methoxy groups -OCH3 is 1. The lowest BCUT2D eigenvalue weighted by molar-refractivity contribution is -0.129. The first-order chi connectivity index (χ1) is 9.96. The van der Waals surface area contributed by atoms with Crippen LogP contribution in [-0.4, -0.2) is 55.6 Å². The van der Waals surface area contributed by atoms with Gasteiger partial charge in [0.25, 0.3) is 0 Å². The lowest BCUT2D eigenvalue weighted by Crippen LogP contribution is -2.39. The molecule has 1 rings (SSSR count). The fourth-order valence-corrected chi connectivity index (χ4v) is 2.01. The standard InChI is InChI=1S/C14H22N4O3/c1-5-18(6-2)11(19)9-17(3)13-12(15)10(7-8-16-13)14(20)21-4/h7-8H,5-6,9,15H2,1-4H3. The van der Waals surface area contributed by atoms with E-state index in [9.17, 15) is 9.59 Å². The van der Waals surface area contributed by atoms with Crippen LogP contribution in [0.15, 0.2) is 12.3 Å². The molecule has 0 fully saturated rings. The highest BCUT2D eigenvalue weighted by Crippen LogP contribution is 2.23. The zero-order valence-corrected chi connectivity index (χ0v) is 12.9.